The van der Waals surface area contributed by atoms with E-state index in [1.165, 1.54) is 218 Å². The number of phosphoric acid groups is 2. The summed E-state index contributed by atoms with van der Waals surface area (Å²) in [6.07, 6.45) is 58.6. The van der Waals surface area contributed by atoms with Crippen molar-refractivity contribution in [2.45, 2.75) is 419 Å². The van der Waals surface area contributed by atoms with Gasteiger partial charge in [-0.25, -0.2) is 9.13 Å². The first-order chi connectivity index (χ1) is 46.0. The van der Waals surface area contributed by atoms with Gasteiger partial charge >= 0.3 is 39.5 Å². The average molecular weight is 1400 g/mol. The molecule has 3 N–H and O–H groups in total. The van der Waals surface area contributed by atoms with E-state index in [0.29, 0.717) is 25.7 Å². The molecule has 0 aliphatic carbocycles. The van der Waals surface area contributed by atoms with Crippen LogP contribution in [0.2, 0.25) is 0 Å². The molecular formula is C76H148O17P2. The van der Waals surface area contributed by atoms with Gasteiger partial charge in [0.2, 0.25) is 0 Å². The van der Waals surface area contributed by atoms with Crippen LogP contribution in [0, 0.1) is 5.92 Å². The van der Waals surface area contributed by atoms with Crippen LogP contribution in [-0.2, 0) is 65.4 Å². The SMILES string of the molecule is CCCCCCCCCCCCCCCCCCC(=O)OC[C@H](COP(=O)(O)OC[C@@H](O)COP(=O)(O)OC[C@@H](COC(=O)CCCCCCC)OC(=O)CCCCCCCCCCCCCCCCC)OC(=O)CCCCCCCCCCCCCCCCCCC(C)C. The summed E-state index contributed by atoms with van der Waals surface area (Å²) < 4.78 is 68.3. The minimum absolute atomic E-state index is 0.107. The molecule has 0 aromatic carbocycles. The summed E-state index contributed by atoms with van der Waals surface area (Å²) >= 11 is 0. The lowest BCUT2D eigenvalue weighted by atomic mass is 10.0. The Balaban J connectivity index is 5.13. The first kappa shape index (κ1) is 93.1. The van der Waals surface area contributed by atoms with Crippen LogP contribution in [0.25, 0.3) is 0 Å². The lowest BCUT2D eigenvalue weighted by molar-refractivity contribution is -0.161. The van der Waals surface area contributed by atoms with Gasteiger partial charge in [-0.3, -0.25) is 37.3 Å². The van der Waals surface area contributed by atoms with Gasteiger partial charge in [0.1, 0.15) is 19.3 Å². The van der Waals surface area contributed by atoms with E-state index < -0.39 is 97.5 Å². The number of carbonyl (C=O) groups is 4. The smallest absolute Gasteiger partial charge is 0.462 e. The van der Waals surface area contributed by atoms with E-state index in [4.69, 9.17) is 37.0 Å². The lowest BCUT2D eigenvalue weighted by Gasteiger charge is -2.21. The van der Waals surface area contributed by atoms with E-state index in [-0.39, 0.29) is 25.7 Å². The molecule has 5 atom stereocenters. The Morgan fingerprint density at radius 2 is 0.484 bits per heavy atom. The molecule has 0 fully saturated rings. The molecule has 2 unspecified atom stereocenters. The zero-order valence-corrected chi connectivity index (χ0v) is 63.6. The van der Waals surface area contributed by atoms with Crippen LogP contribution in [0.15, 0.2) is 0 Å². The molecule has 0 saturated heterocycles. The van der Waals surface area contributed by atoms with Crippen molar-refractivity contribution >= 4 is 39.5 Å². The standard InChI is InChI=1S/C76H148O17P2/c1-6-9-12-15-17-19-21-23-25-30-33-37-41-45-50-55-60-74(79)87-66-72(93-76(81)62-57-52-47-43-39-35-31-27-26-29-32-36-40-44-49-53-58-69(4)5)68-91-95(84,85)89-64-70(77)63-88-94(82,83)90-67-71(65-86-73(78)59-54-48-14-11-8-3)92-75(80)61-56-51-46-42-38-34-28-24-22-20-18-16-13-10-7-2/h69-72,77H,6-68H2,1-5H3,(H,82,83)(H,84,85)/t70-,71+,72+/m0/s1. The molecule has 0 aromatic rings. The van der Waals surface area contributed by atoms with Crippen LogP contribution in [-0.4, -0.2) is 96.7 Å². The number of hydrogen-bond acceptors (Lipinski definition) is 15. The maximum atomic E-state index is 13.1. The molecule has 0 amide bonds. The van der Waals surface area contributed by atoms with Crippen molar-refractivity contribution in [3.8, 4) is 0 Å². The minimum atomic E-state index is -4.95. The average Bonchev–Trinajstić information content (AvgIpc) is 1.36. The van der Waals surface area contributed by atoms with Crippen molar-refractivity contribution in [3.05, 3.63) is 0 Å². The number of aliphatic hydroxyl groups is 1. The van der Waals surface area contributed by atoms with Gasteiger partial charge in [-0.15, -0.1) is 0 Å². The predicted molar refractivity (Wildman–Crippen MR) is 386 cm³/mol. The van der Waals surface area contributed by atoms with E-state index in [1.54, 1.807) is 0 Å². The molecule has 564 valence electrons. The Morgan fingerprint density at radius 3 is 0.716 bits per heavy atom. The van der Waals surface area contributed by atoms with Crippen molar-refractivity contribution in [1.29, 1.82) is 0 Å². The lowest BCUT2D eigenvalue weighted by Crippen LogP contribution is -2.30. The maximum absolute atomic E-state index is 13.1. The number of esters is 4. The highest BCUT2D eigenvalue weighted by Crippen LogP contribution is 2.45. The molecule has 95 heavy (non-hydrogen) atoms. The van der Waals surface area contributed by atoms with Gasteiger partial charge in [-0.1, -0.05) is 349 Å². The van der Waals surface area contributed by atoms with E-state index in [0.717, 1.165) is 102 Å². The predicted octanol–water partition coefficient (Wildman–Crippen LogP) is 22.5. The molecule has 0 aromatic heterocycles. The summed E-state index contributed by atoms with van der Waals surface area (Å²) in [5.74, 6) is -1.31. The van der Waals surface area contributed by atoms with E-state index in [2.05, 4.69) is 34.6 Å². The largest absolute Gasteiger partial charge is 0.472 e. The first-order valence-corrected chi connectivity index (χ1v) is 42.6. The van der Waals surface area contributed by atoms with E-state index in [9.17, 15) is 43.2 Å². The molecule has 0 heterocycles. The number of rotatable bonds is 76. The highest BCUT2D eigenvalue weighted by molar-refractivity contribution is 7.47. The van der Waals surface area contributed by atoms with Gasteiger partial charge in [0.15, 0.2) is 12.2 Å². The third-order valence-electron chi connectivity index (χ3n) is 17.8. The van der Waals surface area contributed by atoms with Crippen molar-refractivity contribution in [2.24, 2.45) is 5.92 Å². The Hall–Kier alpha value is -1.94. The number of unbranched alkanes of at least 4 members (excludes halogenated alkanes) is 48. The fourth-order valence-corrected chi connectivity index (χ4v) is 13.3. The Kier molecular flexibility index (Phi) is 67.7. The quantitative estimate of drug-likeness (QED) is 0.0222. The fraction of sp³-hybridized carbons (Fsp3) is 0.947. The topological polar surface area (TPSA) is 237 Å². The molecule has 19 heteroatoms. The number of hydrogen-bond donors (Lipinski definition) is 3. The molecule has 0 aliphatic rings. The molecule has 0 rings (SSSR count). The summed E-state index contributed by atoms with van der Waals surface area (Å²) in [5.41, 5.74) is 0. The van der Waals surface area contributed by atoms with Gasteiger partial charge < -0.3 is 33.8 Å². The van der Waals surface area contributed by atoms with E-state index >= 15 is 0 Å². The van der Waals surface area contributed by atoms with Crippen molar-refractivity contribution in [3.63, 3.8) is 0 Å². The summed E-state index contributed by atoms with van der Waals surface area (Å²) in [5, 5.41) is 10.6. The molecular weight excluding hydrogens is 1250 g/mol. The summed E-state index contributed by atoms with van der Waals surface area (Å²) in [4.78, 5) is 72.5. The second kappa shape index (κ2) is 69.2. The third-order valence-corrected chi connectivity index (χ3v) is 19.7. The molecule has 17 nitrogen and oxygen atoms in total. The minimum Gasteiger partial charge on any atom is -0.462 e. The van der Waals surface area contributed by atoms with Crippen molar-refractivity contribution < 1.29 is 80.2 Å². The molecule has 0 radical (unpaired) electrons. The second-order valence-corrected chi connectivity index (χ2v) is 30.8. The van der Waals surface area contributed by atoms with Gasteiger partial charge in [-0.2, -0.15) is 0 Å². The summed E-state index contributed by atoms with van der Waals surface area (Å²) in [6.45, 7) is 7.24. The second-order valence-electron chi connectivity index (χ2n) is 27.9. The maximum Gasteiger partial charge on any atom is 0.472 e. The highest BCUT2D eigenvalue weighted by Gasteiger charge is 2.30. The van der Waals surface area contributed by atoms with Gasteiger partial charge in [0.05, 0.1) is 26.4 Å². The molecule has 0 bridgehead atoms. The number of aliphatic hydroxyl groups excluding tert-OH is 1. The molecule has 0 saturated carbocycles. The summed E-state index contributed by atoms with van der Waals surface area (Å²) in [6, 6.07) is 0. The van der Waals surface area contributed by atoms with E-state index in [1.807, 2.05) is 0 Å². The fourth-order valence-electron chi connectivity index (χ4n) is 11.7. The normalized spacial score (nSPS) is 13.9. The first-order valence-electron chi connectivity index (χ1n) is 39.6. The van der Waals surface area contributed by atoms with Crippen LogP contribution in [0.3, 0.4) is 0 Å². The van der Waals surface area contributed by atoms with Crippen LogP contribution in [0.1, 0.15) is 401 Å². The van der Waals surface area contributed by atoms with Crippen molar-refractivity contribution in [1.82, 2.24) is 0 Å². The van der Waals surface area contributed by atoms with Crippen LogP contribution in [0.5, 0.6) is 0 Å². The monoisotopic (exact) mass is 1400 g/mol. The molecule has 0 spiro atoms. The number of ether oxygens (including phenoxy) is 4. The van der Waals surface area contributed by atoms with Crippen LogP contribution >= 0.6 is 15.6 Å². The number of phosphoric ester groups is 2. The Bertz CT molecular complexity index is 1820. The third kappa shape index (κ3) is 70.3. The van der Waals surface area contributed by atoms with Gasteiger partial charge in [0, 0.05) is 25.7 Å². The van der Waals surface area contributed by atoms with Crippen LogP contribution < -0.4 is 0 Å². The Labute approximate surface area is 581 Å². The van der Waals surface area contributed by atoms with Gasteiger partial charge in [-0.05, 0) is 31.6 Å². The zero-order valence-electron chi connectivity index (χ0n) is 61.8. The van der Waals surface area contributed by atoms with Crippen LogP contribution in [0.4, 0.5) is 0 Å². The highest BCUT2D eigenvalue weighted by atomic mass is 31.2. The van der Waals surface area contributed by atoms with Gasteiger partial charge in [0.25, 0.3) is 0 Å². The number of carbonyl (C=O) groups excluding carboxylic acids is 4. The zero-order chi connectivity index (χ0) is 69.8. The van der Waals surface area contributed by atoms with Crippen molar-refractivity contribution in [2.75, 3.05) is 39.6 Å². The molecule has 0 aliphatic heterocycles. The summed E-state index contributed by atoms with van der Waals surface area (Å²) in [7, 11) is -9.90. The Morgan fingerprint density at radius 1 is 0.284 bits per heavy atom.